The first kappa shape index (κ1) is 12.2. The predicted octanol–water partition coefficient (Wildman–Crippen LogP) is 2.09. The lowest BCUT2D eigenvalue weighted by molar-refractivity contribution is 0.157. The second-order valence-corrected chi connectivity index (χ2v) is 4.17. The van der Waals surface area contributed by atoms with Gasteiger partial charge >= 0.3 is 6.09 Å². The minimum absolute atomic E-state index is 0.224. The fraction of sp³-hybridized carbons (Fsp3) is 0.364. The molecule has 0 aliphatic carbocycles. The zero-order valence-electron chi connectivity index (χ0n) is 9.22. The smallest absolute Gasteiger partial charge is 0.414 e. The van der Waals surface area contributed by atoms with Crippen molar-refractivity contribution in [1.29, 1.82) is 0 Å². The molecule has 1 aromatic carbocycles. The summed E-state index contributed by atoms with van der Waals surface area (Å²) in [6, 6.07) is 4.17. The van der Waals surface area contributed by atoms with Gasteiger partial charge in [0.2, 0.25) is 0 Å². The monoisotopic (exact) mass is 257 g/mol. The fourth-order valence-corrected chi connectivity index (χ4v) is 1.88. The molecule has 1 aliphatic rings. The average molecular weight is 257 g/mol. The number of nitrogens with zero attached hydrogens (tertiary/aromatic N) is 1. The molecule has 1 amide bonds. The van der Waals surface area contributed by atoms with Crippen LogP contribution in [-0.4, -0.2) is 32.5 Å². The first-order valence-electron chi connectivity index (χ1n) is 5.07. The van der Waals surface area contributed by atoms with Gasteiger partial charge in [-0.05, 0) is 18.2 Å². The van der Waals surface area contributed by atoms with E-state index in [0.717, 1.165) is 0 Å². The maximum absolute atomic E-state index is 13.4. The molecule has 6 heteroatoms. The number of carbonyl (C=O) groups is 1. The van der Waals surface area contributed by atoms with E-state index >= 15 is 0 Å². The van der Waals surface area contributed by atoms with Crippen molar-refractivity contribution in [2.24, 2.45) is 0 Å². The third-order valence-corrected chi connectivity index (χ3v) is 2.89. The molecule has 1 saturated heterocycles. The van der Waals surface area contributed by atoms with Crippen molar-refractivity contribution >= 4 is 24.4 Å². The van der Waals surface area contributed by atoms with E-state index in [0.29, 0.717) is 12.3 Å². The number of ether oxygens (including phenoxy) is 2. The predicted molar refractivity (Wildman–Crippen MR) is 63.1 cm³/mol. The van der Waals surface area contributed by atoms with Gasteiger partial charge in [0.05, 0.1) is 18.3 Å². The Balaban J connectivity index is 2.29. The summed E-state index contributed by atoms with van der Waals surface area (Å²) in [5.74, 6) is -0.471. The Morgan fingerprint density at radius 2 is 2.41 bits per heavy atom. The number of carbonyl (C=O) groups excluding carboxylic acids is 1. The Morgan fingerprint density at radius 3 is 3.06 bits per heavy atom. The van der Waals surface area contributed by atoms with Crippen LogP contribution in [0.15, 0.2) is 23.1 Å². The van der Waals surface area contributed by atoms with Crippen LogP contribution in [0, 0.1) is 5.82 Å². The maximum Gasteiger partial charge on any atom is 0.414 e. The SMILES string of the molecule is COCC1COC(=O)N1c1ccc(S)c(F)c1. The summed E-state index contributed by atoms with van der Waals surface area (Å²) >= 11 is 3.94. The molecule has 0 saturated carbocycles. The third-order valence-electron chi connectivity index (χ3n) is 2.53. The van der Waals surface area contributed by atoms with E-state index in [1.807, 2.05) is 0 Å². The number of thiol groups is 1. The highest BCUT2D eigenvalue weighted by atomic mass is 32.1. The molecule has 92 valence electrons. The quantitative estimate of drug-likeness (QED) is 0.843. The Labute approximate surface area is 104 Å². The van der Waals surface area contributed by atoms with Crippen LogP contribution in [-0.2, 0) is 9.47 Å². The second-order valence-electron chi connectivity index (χ2n) is 3.69. The van der Waals surface area contributed by atoms with Gasteiger partial charge < -0.3 is 9.47 Å². The molecule has 0 N–H and O–H groups in total. The highest BCUT2D eigenvalue weighted by Crippen LogP contribution is 2.26. The summed E-state index contributed by atoms with van der Waals surface area (Å²) in [4.78, 5) is 13.2. The van der Waals surface area contributed by atoms with Crippen LogP contribution in [0.25, 0.3) is 0 Å². The van der Waals surface area contributed by atoms with Crippen LogP contribution in [0.3, 0.4) is 0 Å². The number of halogens is 1. The number of amides is 1. The molecule has 0 spiro atoms. The Morgan fingerprint density at radius 1 is 1.65 bits per heavy atom. The molecule has 1 fully saturated rings. The van der Waals surface area contributed by atoms with Crippen molar-refractivity contribution in [2.45, 2.75) is 10.9 Å². The number of hydrogen-bond acceptors (Lipinski definition) is 4. The van der Waals surface area contributed by atoms with Crippen LogP contribution in [0.2, 0.25) is 0 Å². The number of cyclic esters (lactones) is 1. The van der Waals surface area contributed by atoms with Crippen LogP contribution in [0.4, 0.5) is 14.9 Å². The number of hydrogen-bond donors (Lipinski definition) is 1. The van der Waals surface area contributed by atoms with Gasteiger partial charge in [0.15, 0.2) is 0 Å². The third kappa shape index (κ3) is 2.37. The zero-order chi connectivity index (χ0) is 12.4. The molecule has 0 aromatic heterocycles. The average Bonchev–Trinajstić information content (AvgIpc) is 2.65. The molecule has 1 atom stereocenters. The van der Waals surface area contributed by atoms with Crippen molar-refractivity contribution in [1.82, 2.24) is 0 Å². The normalized spacial score (nSPS) is 19.6. The highest BCUT2D eigenvalue weighted by Gasteiger charge is 2.34. The largest absolute Gasteiger partial charge is 0.447 e. The maximum atomic E-state index is 13.4. The van der Waals surface area contributed by atoms with Crippen molar-refractivity contribution < 1.29 is 18.7 Å². The van der Waals surface area contributed by atoms with Gasteiger partial charge in [0.25, 0.3) is 0 Å². The number of benzene rings is 1. The van der Waals surface area contributed by atoms with Gasteiger partial charge in [0.1, 0.15) is 12.4 Å². The number of methoxy groups -OCH3 is 1. The van der Waals surface area contributed by atoms with Crippen LogP contribution >= 0.6 is 12.6 Å². The van der Waals surface area contributed by atoms with Gasteiger partial charge in [0, 0.05) is 12.0 Å². The molecule has 4 nitrogen and oxygen atoms in total. The van der Waals surface area contributed by atoms with Gasteiger partial charge in [-0.3, -0.25) is 4.90 Å². The first-order chi connectivity index (χ1) is 8.13. The van der Waals surface area contributed by atoms with E-state index in [1.54, 1.807) is 13.2 Å². The molecule has 2 rings (SSSR count). The van der Waals surface area contributed by atoms with Crippen molar-refractivity contribution in [3.8, 4) is 0 Å². The molecule has 1 aliphatic heterocycles. The lowest BCUT2D eigenvalue weighted by Crippen LogP contribution is -2.36. The Bertz CT molecular complexity index is 441. The molecule has 1 heterocycles. The lowest BCUT2D eigenvalue weighted by Gasteiger charge is -2.20. The molecule has 0 bridgehead atoms. The molecule has 17 heavy (non-hydrogen) atoms. The summed E-state index contributed by atoms with van der Waals surface area (Å²) in [7, 11) is 1.54. The zero-order valence-corrected chi connectivity index (χ0v) is 10.1. The summed E-state index contributed by atoms with van der Waals surface area (Å²) < 4.78 is 23.3. The minimum atomic E-state index is -0.488. The Kier molecular flexibility index (Phi) is 3.54. The van der Waals surface area contributed by atoms with Gasteiger partial charge in [-0.2, -0.15) is 0 Å². The van der Waals surface area contributed by atoms with Crippen LogP contribution in [0.1, 0.15) is 0 Å². The van der Waals surface area contributed by atoms with Gasteiger partial charge in [-0.1, -0.05) is 0 Å². The second kappa shape index (κ2) is 4.93. The van der Waals surface area contributed by atoms with E-state index in [9.17, 15) is 9.18 Å². The number of anilines is 1. The topological polar surface area (TPSA) is 38.8 Å². The minimum Gasteiger partial charge on any atom is -0.447 e. The summed E-state index contributed by atoms with van der Waals surface area (Å²) in [5.41, 5.74) is 0.449. The molecule has 1 unspecified atom stereocenters. The van der Waals surface area contributed by atoms with Crippen molar-refractivity contribution in [2.75, 3.05) is 25.2 Å². The summed E-state index contributed by atoms with van der Waals surface area (Å²) in [6.07, 6.45) is -0.488. The van der Waals surface area contributed by atoms with Crippen LogP contribution < -0.4 is 4.90 Å². The van der Waals surface area contributed by atoms with Crippen LogP contribution in [0.5, 0.6) is 0 Å². The molecule has 1 aromatic rings. The standard InChI is InChI=1S/C11H12FNO3S/c1-15-5-8-6-16-11(14)13(8)7-2-3-10(17)9(12)4-7/h2-4,8,17H,5-6H2,1H3. The Hall–Kier alpha value is -1.27. The van der Waals surface area contributed by atoms with E-state index in [2.05, 4.69) is 12.6 Å². The summed E-state index contributed by atoms with van der Waals surface area (Å²) in [6.45, 7) is 0.590. The van der Waals surface area contributed by atoms with E-state index in [4.69, 9.17) is 9.47 Å². The van der Waals surface area contributed by atoms with Gasteiger partial charge in [-0.15, -0.1) is 12.6 Å². The lowest BCUT2D eigenvalue weighted by atomic mass is 10.2. The molecular weight excluding hydrogens is 245 g/mol. The van der Waals surface area contributed by atoms with E-state index in [-0.39, 0.29) is 17.5 Å². The van der Waals surface area contributed by atoms with Crippen molar-refractivity contribution in [3.63, 3.8) is 0 Å². The van der Waals surface area contributed by atoms with Gasteiger partial charge in [-0.25, -0.2) is 9.18 Å². The first-order valence-corrected chi connectivity index (χ1v) is 5.51. The van der Waals surface area contributed by atoms with Crippen molar-refractivity contribution in [3.05, 3.63) is 24.0 Å². The molecular formula is C11H12FNO3S. The molecule has 0 radical (unpaired) electrons. The fourth-order valence-electron chi connectivity index (χ4n) is 1.74. The van der Waals surface area contributed by atoms with E-state index in [1.165, 1.54) is 17.0 Å². The number of rotatable bonds is 3. The van der Waals surface area contributed by atoms with E-state index < -0.39 is 11.9 Å². The highest BCUT2D eigenvalue weighted by molar-refractivity contribution is 7.80. The summed E-state index contributed by atoms with van der Waals surface area (Å²) in [5, 5.41) is 0.